The Morgan fingerprint density at radius 3 is 2.55 bits per heavy atom. The van der Waals surface area contributed by atoms with Gasteiger partial charge in [-0.05, 0) is 31.5 Å². The zero-order valence-corrected chi connectivity index (χ0v) is 16.0. The van der Waals surface area contributed by atoms with Gasteiger partial charge in [0.15, 0.2) is 11.5 Å². The molecule has 29 heavy (non-hydrogen) atoms. The summed E-state index contributed by atoms with van der Waals surface area (Å²) < 4.78 is 20.2. The first-order valence-corrected chi connectivity index (χ1v) is 9.13. The predicted molar refractivity (Wildman–Crippen MR) is 107 cm³/mol. The molecule has 146 valence electrons. The van der Waals surface area contributed by atoms with E-state index in [9.17, 15) is 9.18 Å². The summed E-state index contributed by atoms with van der Waals surface area (Å²) in [7, 11) is 0. The lowest BCUT2D eigenvalue weighted by Crippen LogP contribution is -2.13. The fourth-order valence-corrected chi connectivity index (χ4v) is 3.09. The van der Waals surface area contributed by atoms with Gasteiger partial charge in [-0.15, -0.1) is 0 Å². The maximum absolute atomic E-state index is 13.1. The van der Waals surface area contributed by atoms with Crippen LogP contribution in [0, 0.1) is 19.7 Å². The van der Waals surface area contributed by atoms with Gasteiger partial charge in [0.1, 0.15) is 5.82 Å². The Labute approximate surface area is 167 Å². The quantitative estimate of drug-likeness (QED) is 0.541. The Balaban J connectivity index is 1.52. The van der Waals surface area contributed by atoms with Gasteiger partial charge in [0, 0.05) is 11.6 Å². The van der Waals surface area contributed by atoms with Gasteiger partial charge in [-0.2, -0.15) is 5.10 Å². The number of nitrogens with zero attached hydrogens (tertiary/aromatic N) is 3. The summed E-state index contributed by atoms with van der Waals surface area (Å²) in [5.41, 5.74) is 4.06. The second-order valence-corrected chi connectivity index (χ2v) is 6.73. The lowest BCUT2D eigenvalue weighted by molar-refractivity contribution is 0.101. The van der Waals surface area contributed by atoms with Crippen LogP contribution in [0.4, 0.5) is 10.1 Å². The van der Waals surface area contributed by atoms with Gasteiger partial charge < -0.3 is 9.84 Å². The molecule has 0 spiro atoms. The molecule has 6 nitrogen and oxygen atoms in total. The van der Waals surface area contributed by atoms with Crippen LogP contribution in [0.3, 0.4) is 0 Å². The third kappa shape index (κ3) is 3.94. The average molecular weight is 390 g/mol. The van der Waals surface area contributed by atoms with Crippen molar-refractivity contribution >= 4 is 11.6 Å². The molecule has 0 atom stereocenters. The standard InChI is InChI=1S/C22H19FN4O2/c1-14-21(15(2)27(25-14)13-16-8-10-18(23)11-9-16)24-22(28)19-12-20(29-26-19)17-6-4-3-5-7-17/h3-12H,13H2,1-2H3,(H,24,28). The number of hydrogen-bond acceptors (Lipinski definition) is 4. The summed E-state index contributed by atoms with van der Waals surface area (Å²) in [5.74, 6) is -0.128. The Hall–Kier alpha value is -3.74. The fraction of sp³-hybridized carbons (Fsp3) is 0.136. The molecule has 0 bridgehead atoms. The van der Waals surface area contributed by atoms with Crippen molar-refractivity contribution in [2.24, 2.45) is 0 Å². The molecular formula is C22H19FN4O2. The van der Waals surface area contributed by atoms with Crippen LogP contribution in [0.1, 0.15) is 27.4 Å². The van der Waals surface area contributed by atoms with E-state index in [1.807, 2.05) is 44.2 Å². The highest BCUT2D eigenvalue weighted by Gasteiger charge is 2.18. The molecule has 0 aliphatic carbocycles. The minimum absolute atomic E-state index is 0.189. The van der Waals surface area contributed by atoms with Gasteiger partial charge in [0.25, 0.3) is 5.91 Å². The largest absolute Gasteiger partial charge is 0.355 e. The molecule has 7 heteroatoms. The average Bonchev–Trinajstić information content (AvgIpc) is 3.32. The van der Waals surface area contributed by atoms with Crippen LogP contribution in [-0.4, -0.2) is 20.8 Å². The molecule has 2 heterocycles. The van der Waals surface area contributed by atoms with Crippen LogP contribution in [0.5, 0.6) is 0 Å². The molecule has 0 aliphatic heterocycles. The van der Waals surface area contributed by atoms with Crippen LogP contribution in [0.2, 0.25) is 0 Å². The van der Waals surface area contributed by atoms with Gasteiger partial charge in [-0.1, -0.05) is 47.6 Å². The van der Waals surface area contributed by atoms with Crippen molar-refractivity contribution in [3.8, 4) is 11.3 Å². The van der Waals surface area contributed by atoms with Crippen molar-refractivity contribution in [1.82, 2.24) is 14.9 Å². The van der Waals surface area contributed by atoms with E-state index in [1.54, 1.807) is 22.9 Å². The van der Waals surface area contributed by atoms with Crippen molar-refractivity contribution < 1.29 is 13.7 Å². The molecule has 2 aromatic carbocycles. The Morgan fingerprint density at radius 2 is 1.83 bits per heavy atom. The Morgan fingerprint density at radius 1 is 1.10 bits per heavy atom. The number of benzene rings is 2. The number of rotatable bonds is 5. The van der Waals surface area contributed by atoms with Gasteiger partial charge in [-0.3, -0.25) is 9.48 Å². The molecule has 1 N–H and O–H groups in total. The number of anilines is 1. The third-order valence-corrected chi connectivity index (χ3v) is 4.67. The summed E-state index contributed by atoms with van der Waals surface area (Å²) in [6.45, 7) is 4.17. The SMILES string of the molecule is Cc1nn(Cc2ccc(F)cc2)c(C)c1NC(=O)c1cc(-c2ccccc2)on1. The first kappa shape index (κ1) is 18.6. The first-order chi connectivity index (χ1) is 14.0. The Bertz CT molecular complexity index is 1150. The lowest BCUT2D eigenvalue weighted by atomic mass is 10.1. The number of aromatic nitrogens is 3. The normalized spacial score (nSPS) is 10.9. The highest BCUT2D eigenvalue weighted by atomic mass is 19.1. The minimum Gasteiger partial charge on any atom is -0.355 e. The molecule has 0 aliphatic rings. The Kier molecular flexibility index (Phi) is 4.95. The molecule has 1 amide bonds. The van der Waals surface area contributed by atoms with E-state index in [0.717, 1.165) is 16.8 Å². The first-order valence-electron chi connectivity index (χ1n) is 9.13. The smallest absolute Gasteiger partial charge is 0.277 e. The molecule has 4 aromatic rings. The van der Waals surface area contributed by atoms with E-state index < -0.39 is 0 Å². The molecule has 0 unspecified atom stereocenters. The summed E-state index contributed by atoms with van der Waals surface area (Å²) in [6.07, 6.45) is 0. The molecular weight excluding hydrogens is 371 g/mol. The van der Waals surface area contributed by atoms with Crippen LogP contribution in [0.15, 0.2) is 65.2 Å². The monoisotopic (exact) mass is 390 g/mol. The molecule has 0 saturated carbocycles. The maximum atomic E-state index is 13.1. The minimum atomic E-state index is -0.372. The summed E-state index contributed by atoms with van der Waals surface area (Å²) >= 11 is 0. The number of aryl methyl sites for hydroxylation is 1. The summed E-state index contributed by atoms with van der Waals surface area (Å²) in [5, 5.41) is 11.2. The van der Waals surface area contributed by atoms with Crippen molar-refractivity contribution in [1.29, 1.82) is 0 Å². The zero-order valence-electron chi connectivity index (χ0n) is 16.0. The predicted octanol–water partition coefficient (Wildman–Crippen LogP) is 4.59. The lowest BCUT2D eigenvalue weighted by Gasteiger charge is -2.06. The van der Waals surface area contributed by atoms with Crippen molar-refractivity contribution in [3.05, 3.63) is 89.1 Å². The van der Waals surface area contributed by atoms with Gasteiger partial charge in [0.2, 0.25) is 0 Å². The van der Waals surface area contributed by atoms with Crippen LogP contribution < -0.4 is 5.32 Å². The van der Waals surface area contributed by atoms with Crippen LogP contribution in [0.25, 0.3) is 11.3 Å². The number of halogens is 1. The van der Waals surface area contributed by atoms with E-state index in [-0.39, 0.29) is 17.4 Å². The van der Waals surface area contributed by atoms with E-state index in [0.29, 0.717) is 23.7 Å². The molecule has 2 aromatic heterocycles. The van der Waals surface area contributed by atoms with Gasteiger partial charge in [0.05, 0.1) is 23.6 Å². The van der Waals surface area contributed by atoms with E-state index in [2.05, 4.69) is 15.6 Å². The third-order valence-electron chi connectivity index (χ3n) is 4.67. The summed E-state index contributed by atoms with van der Waals surface area (Å²) in [6, 6.07) is 17.3. The van der Waals surface area contributed by atoms with E-state index >= 15 is 0 Å². The maximum Gasteiger partial charge on any atom is 0.277 e. The van der Waals surface area contributed by atoms with Crippen LogP contribution >= 0.6 is 0 Å². The number of nitrogens with one attached hydrogen (secondary N) is 1. The van der Waals surface area contributed by atoms with Crippen molar-refractivity contribution in [2.45, 2.75) is 20.4 Å². The number of hydrogen-bond donors (Lipinski definition) is 1. The second-order valence-electron chi connectivity index (χ2n) is 6.73. The topological polar surface area (TPSA) is 73.0 Å². The van der Waals surface area contributed by atoms with E-state index in [1.165, 1.54) is 12.1 Å². The highest BCUT2D eigenvalue weighted by Crippen LogP contribution is 2.23. The van der Waals surface area contributed by atoms with Crippen molar-refractivity contribution in [2.75, 3.05) is 5.32 Å². The highest BCUT2D eigenvalue weighted by molar-refractivity contribution is 6.03. The molecule has 0 saturated heterocycles. The zero-order chi connectivity index (χ0) is 20.4. The molecule has 4 rings (SSSR count). The molecule has 0 fully saturated rings. The van der Waals surface area contributed by atoms with Crippen LogP contribution in [-0.2, 0) is 6.54 Å². The number of carbonyl (C=O) groups excluding carboxylic acids is 1. The van der Waals surface area contributed by atoms with Gasteiger partial charge >= 0.3 is 0 Å². The van der Waals surface area contributed by atoms with Crippen molar-refractivity contribution in [3.63, 3.8) is 0 Å². The van der Waals surface area contributed by atoms with Gasteiger partial charge in [-0.25, -0.2) is 4.39 Å². The summed E-state index contributed by atoms with van der Waals surface area (Å²) in [4.78, 5) is 12.7. The molecule has 0 radical (unpaired) electrons. The van der Waals surface area contributed by atoms with E-state index in [4.69, 9.17) is 4.52 Å². The second kappa shape index (κ2) is 7.71. The number of carbonyl (C=O) groups is 1. The number of amides is 1. The fourth-order valence-electron chi connectivity index (χ4n) is 3.09.